The van der Waals surface area contributed by atoms with Crippen molar-refractivity contribution < 1.29 is 54.2 Å². The van der Waals surface area contributed by atoms with E-state index in [0.717, 1.165) is 0 Å². The van der Waals surface area contributed by atoms with E-state index >= 15 is 0 Å². The Hall–Kier alpha value is -1.22. The van der Waals surface area contributed by atoms with Gasteiger partial charge in [0, 0.05) is 12.5 Å². The molecule has 1 amide bonds. The van der Waals surface area contributed by atoms with Crippen LogP contribution in [0.3, 0.4) is 0 Å². The van der Waals surface area contributed by atoms with Gasteiger partial charge in [0.25, 0.3) is 0 Å². The number of Topliss-reactive ketones (excluding diaryl/α,β-unsaturated/α-hetero) is 1. The van der Waals surface area contributed by atoms with Crippen LogP contribution < -0.4 is 0 Å². The average molecular weight is 437 g/mol. The van der Waals surface area contributed by atoms with Crippen molar-refractivity contribution in [2.75, 3.05) is 19.8 Å². The molecule has 1 aliphatic carbocycles. The third-order valence-electron chi connectivity index (χ3n) is 5.12. The van der Waals surface area contributed by atoms with Crippen LogP contribution in [-0.4, -0.2) is 65.6 Å². The van der Waals surface area contributed by atoms with Crippen LogP contribution in [0.4, 0.5) is 0 Å². The quantitative estimate of drug-likeness (QED) is 0.140. The number of hydroxylamine groups is 2. The molecular formula is C18H31NO11. The Morgan fingerprint density at radius 3 is 2.13 bits per heavy atom. The number of carbonyl (C=O) groups is 2. The van der Waals surface area contributed by atoms with E-state index in [9.17, 15) is 14.8 Å². The van der Waals surface area contributed by atoms with Gasteiger partial charge in [0.05, 0.1) is 19.6 Å². The molecule has 2 rings (SSSR count). The van der Waals surface area contributed by atoms with Gasteiger partial charge >= 0.3 is 0 Å². The molecule has 1 aliphatic heterocycles. The lowest BCUT2D eigenvalue weighted by atomic mass is 9.62. The molecule has 1 heterocycles. The van der Waals surface area contributed by atoms with Gasteiger partial charge in [-0.25, -0.2) is 14.8 Å². The molecule has 30 heavy (non-hydrogen) atoms. The molecule has 1 unspecified atom stereocenters. The second kappa shape index (κ2) is 12.0. The minimum atomic E-state index is -1.45. The van der Waals surface area contributed by atoms with Crippen molar-refractivity contribution in [1.82, 2.24) is 5.06 Å². The van der Waals surface area contributed by atoms with Gasteiger partial charge in [-0.3, -0.25) is 14.8 Å². The minimum Gasteiger partial charge on any atom is -0.370 e. The molecule has 0 aromatic rings. The van der Waals surface area contributed by atoms with Gasteiger partial charge < -0.3 is 4.74 Å². The highest BCUT2D eigenvalue weighted by molar-refractivity contribution is 5.93. The first kappa shape index (κ1) is 25.0. The van der Waals surface area contributed by atoms with E-state index in [-0.39, 0.29) is 19.6 Å². The Labute approximate surface area is 174 Å². The zero-order valence-corrected chi connectivity index (χ0v) is 17.7. The summed E-state index contributed by atoms with van der Waals surface area (Å²) in [5.41, 5.74) is -1.38. The maximum Gasteiger partial charge on any atom is 0.249 e. The van der Waals surface area contributed by atoms with Gasteiger partial charge in [0.2, 0.25) is 5.91 Å². The van der Waals surface area contributed by atoms with Crippen LogP contribution in [0.5, 0.6) is 0 Å². The monoisotopic (exact) mass is 437 g/mol. The van der Waals surface area contributed by atoms with Crippen LogP contribution in [-0.2, 0) is 49.0 Å². The first-order valence-electron chi connectivity index (χ1n) is 10.2. The molecule has 1 spiro atoms. The molecule has 0 aromatic heterocycles. The average Bonchev–Trinajstić information content (AvgIpc) is 2.74. The molecule has 0 aromatic carbocycles. The fourth-order valence-corrected chi connectivity index (χ4v) is 3.53. The van der Waals surface area contributed by atoms with E-state index in [1.165, 1.54) is 0 Å². The summed E-state index contributed by atoms with van der Waals surface area (Å²) >= 11 is 0. The van der Waals surface area contributed by atoms with Crippen LogP contribution in [0.15, 0.2) is 0 Å². The Morgan fingerprint density at radius 1 is 0.933 bits per heavy atom. The zero-order valence-electron chi connectivity index (χ0n) is 17.7. The van der Waals surface area contributed by atoms with Crippen molar-refractivity contribution in [3.63, 3.8) is 0 Å². The summed E-state index contributed by atoms with van der Waals surface area (Å²) in [6.07, 6.45) is -1.91. The number of rotatable bonds is 14. The zero-order chi connectivity index (χ0) is 22.1. The van der Waals surface area contributed by atoms with Crippen LogP contribution in [0.25, 0.3) is 0 Å². The maximum atomic E-state index is 13.1. The number of nitrogens with zero attached hydrogens (tertiary/aromatic N) is 1. The molecule has 1 saturated heterocycles. The van der Waals surface area contributed by atoms with Gasteiger partial charge in [-0.05, 0) is 29.3 Å². The van der Waals surface area contributed by atoms with Crippen LogP contribution in [0, 0.1) is 5.92 Å². The van der Waals surface area contributed by atoms with Gasteiger partial charge in [-0.15, -0.1) is 0 Å². The number of β-lactam (4-membered cyclic amide) rings is 1. The number of hydrogen-bond acceptors (Lipinski definition) is 11. The summed E-state index contributed by atoms with van der Waals surface area (Å²) in [7, 11) is 0. The molecule has 0 radical (unpaired) electrons. The van der Waals surface area contributed by atoms with E-state index < -0.39 is 41.5 Å². The summed E-state index contributed by atoms with van der Waals surface area (Å²) in [4.78, 5) is 45.0. The molecule has 12 nitrogen and oxygen atoms in total. The standard InChI is InChI=1S/C18H31NO11/c1-5-8-23-15-12(4)18(11-13(20)19(18)22)17(27-30-29-25-10-7-3)16(14(15)21)26-28-24-9-6-2/h12,15-17,22H,5-11H2,1-4H3/t12-,15+,16-,17-,18?/m1/s1. The maximum absolute atomic E-state index is 13.1. The second-order valence-corrected chi connectivity index (χ2v) is 7.24. The largest absolute Gasteiger partial charge is 0.370 e. The van der Waals surface area contributed by atoms with Crippen molar-refractivity contribution in [2.45, 2.75) is 77.2 Å². The normalized spacial score (nSPS) is 31.4. The topological polar surface area (TPSA) is 131 Å². The summed E-state index contributed by atoms with van der Waals surface area (Å²) in [5.74, 6) is -1.72. The molecule has 1 saturated carbocycles. The molecule has 5 atom stereocenters. The summed E-state index contributed by atoms with van der Waals surface area (Å²) in [6, 6.07) is 0. The van der Waals surface area contributed by atoms with Crippen LogP contribution in [0.2, 0.25) is 0 Å². The smallest absolute Gasteiger partial charge is 0.249 e. The fraction of sp³-hybridized carbons (Fsp3) is 0.889. The highest BCUT2D eigenvalue weighted by Crippen LogP contribution is 2.48. The molecule has 1 N–H and O–H groups in total. The lowest BCUT2D eigenvalue weighted by molar-refractivity contribution is -0.652. The van der Waals surface area contributed by atoms with E-state index in [1.807, 2.05) is 20.8 Å². The second-order valence-electron chi connectivity index (χ2n) is 7.24. The number of ether oxygens (including phenoxy) is 1. The Morgan fingerprint density at radius 2 is 1.57 bits per heavy atom. The molecule has 2 aliphatic rings. The lowest BCUT2D eigenvalue weighted by Crippen LogP contribution is -2.79. The number of ketones is 1. The predicted molar refractivity (Wildman–Crippen MR) is 95.7 cm³/mol. The SMILES string of the molecule is CCCOOOO[C@@H]1[C@H](OOOCCC)C(=O)[C@@H](OCCC)[C@@H](C)C12CC(=O)N2O. The Kier molecular flexibility index (Phi) is 10.0. The molecule has 174 valence electrons. The molecular weight excluding hydrogens is 406 g/mol. The number of amides is 1. The molecule has 12 heteroatoms. The minimum absolute atomic E-state index is 0.135. The van der Waals surface area contributed by atoms with Crippen molar-refractivity contribution in [3.05, 3.63) is 0 Å². The van der Waals surface area contributed by atoms with E-state index in [0.29, 0.717) is 30.9 Å². The summed E-state index contributed by atoms with van der Waals surface area (Å²) in [6.45, 7) is 8.03. The Balaban J connectivity index is 2.24. The Bertz CT molecular complexity index is 562. The summed E-state index contributed by atoms with van der Waals surface area (Å²) < 4.78 is 5.71. The molecule has 2 fully saturated rings. The first-order chi connectivity index (χ1) is 14.4. The predicted octanol–water partition coefficient (Wildman–Crippen LogP) is 1.61. The van der Waals surface area contributed by atoms with E-state index in [1.54, 1.807) is 6.92 Å². The number of hydrogen-bond donors (Lipinski definition) is 1. The van der Waals surface area contributed by atoms with Crippen molar-refractivity contribution >= 4 is 11.7 Å². The van der Waals surface area contributed by atoms with Gasteiger partial charge in [-0.2, -0.15) is 9.78 Å². The van der Waals surface area contributed by atoms with Crippen molar-refractivity contribution in [2.24, 2.45) is 5.92 Å². The van der Waals surface area contributed by atoms with Gasteiger partial charge in [-0.1, -0.05) is 32.7 Å². The summed E-state index contributed by atoms with van der Waals surface area (Å²) in [5, 5.41) is 24.7. The van der Waals surface area contributed by atoms with Gasteiger partial charge in [0.1, 0.15) is 11.6 Å². The fourth-order valence-electron chi connectivity index (χ4n) is 3.53. The lowest BCUT2D eigenvalue weighted by Gasteiger charge is -2.58. The van der Waals surface area contributed by atoms with Crippen molar-refractivity contribution in [1.29, 1.82) is 0 Å². The van der Waals surface area contributed by atoms with E-state index in [2.05, 4.69) is 10.1 Å². The third kappa shape index (κ3) is 5.15. The van der Waals surface area contributed by atoms with Gasteiger partial charge in [0.15, 0.2) is 18.0 Å². The third-order valence-corrected chi connectivity index (χ3v) is 5.12. The first-order valence-corrected chi connectivity index (χ1v) is 10.2. The van der Waals surface area contributed by atoms with Crippen LogP contribution >= 0.6 is 0 Å². The number of carbonyl (C=O) groups excluding carboxylic acids is 2. The highest BCUT2D eigenvalue weighted by atomic mass is 17.7. The van der Waals surface area contributed by atoms with Crippen LogP contribution in [0.1, 0.15) is 53.4 Å². The van der Waals surface area contributed by atoms with E-state index in [4.69, 9.17) is 29.3 Å². The molecule has 0 bridgehead atoms. The van der Waals surface area contributed by atoms with Crippen molar-refractivity contribution in [3.8, 4) is 0 Å². The highest BCUT2D eigenvalue weighted by Gasteiger charge is 2.70.